The zero-order valence-electron chi connectivity index (χ0n) is 10.4. The zero-order chi connectivity index (χ0) is 12.0. The van der Waals surface area contributed by atoms with Gasteiger partial charge in [0.05, 0.1) is 6.10 Å². The molecule has 0 spiro atoms. The largest absolute Gasteiger partial charge is 0.491 e. The molecular formula is C14H22O2. The first-order valence-electron chi connectivity index (χ1n) is 6.08. The molecule has 16 heavy (non-hydrogen) atoms. The molecule has 0 amide bonds. The van der Waals surface area contributed by atoms with Crippen LogP contribution in [0.25, 0.3) is 0 Å². The lowest BCUT2D eigenvalue weighted by atomic mass is 9.98. The van der Waals surface area contributed by atoms with Crippen molar-refractivity contribution in [3.8, 4) is 5.75 Å². The Bertz CT molecular complexity index is 309. The minimum Gasteiger partial charge on any atom is -0.491 e. The number of para-hydroxylation sites is 1. The van der Waals surface area contributed by atoms with Crippen molar-refractivity contribution in [1.29, 1.82) is 0 Å². The van der Waals surface area contributed by atoms with Crippen LogP contribution < -0.4 is 4.74 Å². The summed E-state index contributed by atoms with van der Waals surface area (Å²) in [6, 6.07) is 8.08. The molecule has 1 aromatic rings. The van der Waals surface area contributed by atoms with Crippen LogP contribution in [0.3, 0.4) is 0 Å². The van der Waals surface area contributed by atoms with Crippen molar-refractivity contribution in [2.75, 3.05) is 6.61 Å². The number of hydrogen-bond acceptors (Lipinski definition) is 2. The van der Waals surface area contributed by atoms with Gasteiger partial charge in [0.25, 0.3) is 0 Å². The first-order valence-corrected chi connectivity index (χ1v) is 6.08. The third-order valence-corrected chi connectivity index (χ3v) is 2.96. The second-order valence-electron chi connectivity index (χ2n) is 4.22. The first-order chi connectivity index (χ1) is 7.69. The number of hydrogen-bond donors (Lipinski definition) is 1. The van der Waals surface area contributed by atoms with Gasteiger partial charge in [0.15, 0.2) is 0 Å². The molecule has 0 saturated heterocycles. The fourth-order valence-electron chi connectivity index (χ4n) is 1.54. The van der Waals surface area contributed by atoms with E-state index >= 15 is 0 Å². The average molecular weight is 222 g/mol. The minimum atomic E-state index is -0.370. The van der Waals surface area contributed by atoms with Crippen molar-refractivity contribution in [3.05, 3.63) is 29.8 Å². The molecule has 1 aromatic carbocycles. The maximum atomic E-state index is 9.48. The topological polar surface area (TPSA) is 29.5 Å². The first kappa shape index (κ1) is 13.0. The van der Waals surface area contributed by atoms with Crippen LogP contribution in [0.4, 0.5) is 0 Å². The number of ether oxygens (including phenoxy) is 1. The van der Waals surface area contributed by atoms with Crippen LogP contribution >= 0.6 is 0 Å². The molecule has 0 aliphatic carbocycles. The number of aliphatic hydroxyl groups excluding tert-OH is 1. The summed E-state index contributed by atoms with van der Waals surface area (Å²) in [5.74, 6) is 1.40. The van der Waals surface area contributed by atoms with E-state index in [0.29, 0.717) is 12.5 Å². The average Bonchev–Trinajstić information content (AvgIpc) is 2.35. The van der Waals surface area contributed by atoms with Crippen molar-refractivity contribution in [3.63, 3.8) is 0 Å². The van der Waals surface area contributed by atoms with E-state index in [2.05, 4.69) is 19.9 Å². The fraction of sp³-hybridized carbons (Fsp3) is 0.571. The Hall–Kier alpha value is -1.02. The van der Waals surface area contributed by atoms with E-state index in [4.69, 9.17) is 4.74 Å². The van der Waals surface area contributed by atoms with Gasteiger partial charge in [0, 0.05) is 0 Å². The molecule has 0 fully saturated rings. The Kier molecular flexibility index (Phi) is 5.33. The molecule has 0 aliphatic heterocycles. The van der Waals surface area contributed by atoms with Gasteiger partial charge >= 0.3 is 0 Å². The van der Waals surface area contributed by atoms with E-state index in [1.165, 1.54) is 5.56 Å². The van der Waals surface area contributed by atoms with E-state index in [1.807, 2.05) is 25.1 Å². The van der Waals surface area contributed by atoms with Crippen LogP contribution in [0.2, 0.25) is 0 Å². The molecule has 0 saturated carbocycles. The van der Waals surface area contributed by atoms with Gasteiger partial charge in [-0.3, -0.25) is 0 Å². The number of benzene rings is 1. The summed E-state index contributed by atoms with van der Waals surface area (Å²) in [6.45, 7) is 6.69. The van der Waals surface area contributed by atoms with E-state index < -0.39 is 0 Å². The Morgan fingerprint density at radius 2 is 1.88 bits per heavy atom. The summed E-state index contributed by atoms with van der Waals surface area (Å²) >= 11 is 0. The summed E-state index contributed by atoms with van der Waals surface area (Å²) in [6.07, 6.45) is 1.45. The maximum absolute atomic E-state index is 9.48. The molecular weight excluding hydrogens is 200 g/mol. The second-order valence-corrected chi connectivity index (χ2v) is 4.22. The third-order valence-electron chi connectivity index (χ3n) is 2.96. The van der Waals surface area contributed by atoms with E-state index in [9.17, 15) is 5.11 Å². The Balaban J connectivity index is 2.71. The highest BCUT2D eigenvalue weighted by Crippen LogP contribution is 2.28. The van der Waals surface area contributed by atoms with Gasteiger partial charge in [-0.05, 0) is 30.4 Å². The quantitative estimate of drug-likeness (QED) is 0.799. The summed E-state index contributed by atoms with van der Waals surface area (Å²) in [5.41, 5.74) is 1.23. The van der Waals surface area contributed by atoms with Gasteiger partial charge in [0.2, 0.25) is 0 Å². The lowest BCUT2D eigenvalue weighted by Crippen LogP contribution is -2.16. The Labute approximate surface area is 98.3 Å². The van der Waals surface area contributed by atoms with Crippen molar-refractivity contribution >= 4 is 0 Å². The van der Waals surface area contributed by atoms with Crippen molar-refractivity contribution in [1.82, 2.24) is 0 Å². The SMILES string of the molecule is CCC(O)COc1ccccc1C(C)CC. The minimum absolute atomic E-state index is 0.370. The van der Waals surface area contributed by atoms with Crippen LogP contribution in [0.1, 0.15) is 45.1 Å². The lowest BCUT2D eigenvalue weighted by molar-refractivity contribution is 0.103. The van der Waals surface area contributed by atoms with E-state index in [1.54, 1.807) is 0 Å². The predicted octanol–water partition coefficient (Wildman–Crippen LogP) is 3.35. The highest BCUT2D eigenvalue weighted by Gasteiger charge is 2.10. The molecule has 0 aliphatic rings. The van der Waals surface area contributed by atoms with Crippen LogP contribution in [0.15, 0.2) is 24.3 Å². The van der Waals surface area contributed by atoms with Crippen LogP contribution in [0, 0.1) is 0 Å². The molecule has 2 unspecified atom stereocenters. The third kappa shape index (κ3) is 3.53. The molecule has 2 atom stereocenters. The normalized spacial score (nSPS) is 14.5. The highest BCUT2D eigenvalue weighted by molar-refractivity contribution is 5.35. The van der Waals surface area contributed by atoms with E-state index in [-0.39, 0.29) is 6.10 Å². The van der Waals surface area contributed by atoms with Gasteiger partial charge in [-0.15, -0.1) is 0 Å². The monoisotopic (exact) mass is 222 g/mol. The second kappa shape index (κ2) is 6.54. The van der Waals surface area contributed by atoms with Gasteiger partial charge in [-0.25, -0.2) is 0 Å². The summed E-state index contributed by atoms with van der Waals surface area (Å²) in [7, 11) is 0. The highest BCUT2D eigenvalue weighted by atomic mass is 16.5. The molecule has 0 radical (unpaired) electrons. The molecule has 90 valence electrons. The van der Waals surface area contributed by atoms with Crippen LogP contribution in [0.5, 0.6) is 5.75 Å². The lowest BCUT2D eigenvalue weighted by Gasteiger charge is -2.17. The molecule has 1 rings (SSSR count). The van der Waals surface area contributed by atoms with Gasteiger partial charge in [0.1, 0.15) is 12.4 Å². The zero-order valence-corrected chi connectivity index (χ0v) is 10.4. The Morgan fingerprint density at radius 1 is 1.19 bits per heavy atom. The molecule has 2 nitrogen and oxygen atoms in total. The number of aliphatic hydroxyl groups is 1. The smallest absolute Gasteiger partial charge is 0.122 e. The molecule has 0 heterocycles. The summed E-state index contributed by atoms with van der Waals surface area (Å²) in [4.78, 5) is 0. The molecule has 2 heteroatoms. The fourth-order valence-corrected chi connectivity index (χ4v) is 1.54. The van der Waals surface area contributed by atoms with Gasteiger partial charge in [-0.1, -0.05) is 39.0 Å². The number of rotatable bonds is 6. The Morgan fingerprint density at radius 3 is 2.50 bits per heavy atom. The standard InChI is InChI=1S/C14H22O2/c1-4-11(3)13-8-6-7-9-14(13)16-10-12(15)5-2/h6-9,11-12,15H,4-5,10H2,1-3H3. The van der Waals surface area contributed by atoms with E-state index in [0.717, 1.165) is 18.6 Å². The summed E-state index contributed by atoms with van der Waals surface area (Å²) in [5, 5.41) is 9.48. The van der Waals surface area contributed by atoms with Crippen LogP contribution in [-0.4, -0.2) is 17.8 Å². The van der Waals surface area contributed by atoms with Crippen molar-refractivity contribution in [2.45, 2.75) is 45.6 Å². The van der Waals surface area contributed by atoms with Crippen molar-refractivity contribution < 1.29 is 9.84 Å². The van der Waals surface area contributed by atoms with Gasteiger partial charge in [-0.2, -0.15) is 0 Å². The van der Waals surface area contributed by atoms with Crippen molar-refractivity contribution in [2.24, 2.45) is 0 Å². The maximum Gasteiger partial charge on any atom is 0.122 e. The predicted molar refractivity (Wildman–Crippen MR) is 66.9 cm³/mol. The van der Waals surface area contributed by atoms with Crippen LogP contribution in [-0.2, 0) is 0 Å². The molecule has 0 bridgehead atoms. The molecule has 1 N–H and O–H groups in total. The summed E-state index contributed by atoms with van der Waals surface area (Å²) < 4.78 is 5.66. The van der Waals surface area contributed by atoms with Gasteiger partial charge < -0.3 is 9.84 Å². The molecule has 0 aromatic heterocycles.